The van der Waals surface area contributed by atoms with Crippen LogP contribution in [0.2, 0.25) is 0 Å². The molecule has 2 rings (SSSR count). The molecule has 5 heteroatoms. The van der Waals surface area contributed by atoms with Gasteiger partial charge < -0.3 is 5.11 Å². The molecule has 18 heavy (non-hydrogen) atoms. The van der Waals surface area contributed by atoms with Gasteiger partial charge in [-0.15, -0.1) is 11.3 Å². The molecule has 0 aliphatic carbocycles. The molecule has 0 aliphatic rings. The Balaban J connectivity index is 1.92. The number of benzene rings is 1. The first-order valence-electron chi connectivity index (χ1n) is 5.53. The molecule has 1 aromatic carbocycles. The smallest absolute Gasteiger partial charge is 0.176 e. The third kappa shape index (κ3) is 3.38. The van der Waals surface area contributed by atoms with Crippen molar-refractivity contribution >= 4 is 17.1 Å². The van der Waals surface area contributed by atoms with Gasteiger partial charge in [0.2, 0.25) is 0 Å². The number of Topliss-reactive ketones (excluding diaryl/α,β-unsaturated/α-hetero) is 1. The molecule has 94 valence electrons. The van der Waals surface area contributed by atoms with Crippen LogP contribution in [-0.2, 0) is 6.54 Å². The maximum Gasteiger partial charge on any atom is 0.176 e. The van der Waals surface area contributed by atoms with E-state index in [9.17, 15) is 4.79 Å². The summed E-state index contributed by atoms with van der Waals surface area (Å²) in [5, 5.41) is 11.1. The van der Waals surface area contributed by atoms with E-state index in [4.69, 9.17) is 5.11 Å². The van der Waals surface area contributed by atoms with Crippen molar-refractivity contribution in [3.63, 3.8) is 0 Å². The third-order valence-electron chi connectivity index (χ3n) is 2.52. The van der Waals surface area contributed by atoms with Gasteiger partial charge in [0.25, 0.3) is 0 Å². The molecule has 1 heterocycles. The zero-order valence-electron chi connectivity index (χ0n) is 10.0. The van der Waals surface area contributed by atoms with Gasteiger partial charge in [0, 0.05) is 17.5 Å². The number of thiazole rings is 1. The summed E-state index contributed by atoms with van der Waals surface area (Å²) in [6, 6.07) is 6.31. The summed E-state index contributed by atoms with van der Waals surface area (Å²) < 4.78 is 0. The average molecular weight is 262 g/mol. The van der Waals surface area contributed by atoms with Crippen LogP contribution in [0.3, 0.4) is 0 Å². The minimum atomic E-state index is 0.0349. The van der Waals surface area contributed by atoms with E-state index in [2.05, 4.69) is 4.98 Å². The van der Waals surface area contributed by atoms with Crippen LogP contribution in [0, 0.1) is 0 Å². The van der Waals surface area contributed by atoms with E-state index >= 15 is 0 Å². The predicted molar refractivity (Wildman–Crippen MR) is 70.9 cm³/mol. The summed E-state index contributed by atoms with van der Waals surface area (Å²) in [5.41, 5.74) is 3.37. The number of hydrogen-bond acceptors (Lipinski definition) is 5. The van der Waals surface area contributed by atoms with Gasteiger partial charge in [-0.3, -0.25) is 9.69 Å². The van der Waals surface area contributed by atoms with Crippen molar-refractivity contribution in [2.75, 3.05) is 13.6 Å². The fourth-order valence-electron chi connectivity index (χ4n) is 1.63. The van der Waals surface area contributed by atoms with Crippen molar-refractivity contribution in [2.45, 2.75) is 6.54 Å². The predicted octanol–water partition coefficient (Wildman–Crippen LogP) is 2.16. The van der Waals surface area contributed by atoms with Crippen molar-refractivity contribution in [2.24, 2.45) is 0 Å². The molecule has 2 aromatic rings. The first-order chi connectivity index (χ1) is 8.65. The van der Waals surface area contributed by atoms with Crippen LogP contribution in [0.4, 0.5) is 0 Å². The van der Waals surface area contributed by atoms with Gasteiger partial charge in [-0.25, -0.2) is 4.98 Å². The minimum Gasteiger partial charge on any atom is -0.508 e. The first-order valence-corrected chi connectivity index (χ1v) is 6.47. The lowest BCUT2D eigenvalue weighted by molar-refractivity contribution is 0.0942. The number of aromatic nitrogens is 1. The van der Waals surface area contributed by atoms with Crippen molar-refractivity contribution in [3.05, 3.63) is 46.4 Å². The Morgan fingerprint density at radius 3 is 2.72 bits per heavy atom. The molecule has 1 aromatic heterocycles. The second kappa shape index (κ2) is 5.75. The van der Waals surface area contributed by atoms with Crippen molar-refractivity contribution in [3.8, 4) is 5.75 Å². The molecule has 0 aliphatic heterocycles. The van der Waals surface area contributed by atoms with Gasteiger partial charge in [-0.1, -0.05) is 0 Å². The van der Waals surface area contributed by atoms with Crippen LogP contribution in [-0.4, -0.2) is 34.4 Å². The van der Waals surface area contributed by atoms with Crippen LogP contribution in [0.25, 0.3) is 0 Å². The monoisotopic (exact) mass is 262 g/mol. The van der Waals surface area contributed by atoms with E-state index in [1.807, 2.05) is 17.3 Å². The van der Waals surface area contributed by atoms with Crippen molar-refractivity contribution in [1.82, 2.24) is 9.88 Å². The number of rotatable bonds is 5. The number of nitrogens with zero attached hydrogens (tertiary/aromatic N) is 2. The molecule has 1 N–H and O–H groups in total. The SMILES string of the molecule is CN(CC(=O)c1ccc(O)cc1)Cc1cscn1. The highest BCUT2D eigenvalue weighted by atomic mass is 32.1. The van der Waals surface area contributed by atoms with E-state index in [1.165, 1.54) is 12.1 Å². The maximum absolute atomic E-state index is 12.0. The number of aromatic hydroxyl groups is 1. The Hall–Kier alpha value is -1.72. The maximum atomic E-state index is 12.0. The lowest BCUT2D eigenvalue weighted by atomic mass is 10.1. The topological polar surface area (TPSA) is 53.4 Å². The van der Waals surface area contributed by atoms with E-state index < -0.39 is 0 Å². The van der Waals surface area contributed by atoms with Gasteiger partial charge in [0.1, 0.15) is 5.75 Å². The van der Waals surface area contributed by atoms with E-state index in [-0.39, 0.29) is 11.5 Å². The van der Waals surface area contributed by atoms with Gasteiger partial charge in [-0.2, -0.15) is 0 Å². The molecule has 0 saturated heterocycles. The second-order valence-electron chi connectivity index (χ2n) is 4.12. The molecule has 0 saturated carbocycles. The molecule has 4 nitrogen and oxygen atoms in total. The second-order valence-corrected chi connectivity index (χ2v) is 4.84. The van der Waals surface area contributed by atoms with Crippen LogP contribution < -0.4 is 0 Å². The van der Waals surface area contributed by atoms with Crippen LogP contribution in [0.15, 0.2) is 35.2 Å². The zero-order chi connectivity index (χ0) is 13.0. The lowest BCUT2D eigenvalue weighted by Gasteiger charge is -2.14. The molecule has 0 radical (unpaired) electrons. The summed E-state index contributed by atoms with van der Waals surface area (Å²) >= 11 is 1.55. The number of hydrogen-bond donors (Lipinski definition) is 1. The highest BCUT2D eigenvalue weighted by molar-refractivity contribution is 7.07. The Labute approximate surface area is 110 Å². The number of ketones is 1. The first kappa shape index (κ1) is 12.7. The molecule has 0 unspecified atom stereocenters. The lowest BCUT2D eigenvalue weighted by Crippen LogP contribution is -2.25. The number of carbonyl (C=O) groups is 1. The quantitative estimate of drug-likeness (QED) is 0.839. The molecule has 0 amide bonds. The van der Waals surface area contributed by atoms with Gasteiger partial charge >= 0.3 is 0 Å². The van der Waals surface area contributed by atoms with E-state index in [0.717, 1.165) is 5.69 Å². The van der Waals surface area contributed by atoms with Gasteiger partial charge in [0.15, 0.2) is 5.78 Å². The Kier molecular flexibility index (Phi) is 4.07. The molecule has 0 atom stereocenters. The summed E-state index contributed by atoms with van der Waals surface area (Å²) in [5.74, 6) is 0.204. The normalized spacial score (nSPS) is 10.8. The molecule has 0 spiro atoms. The Bertz CT molecular complexity index is 508. The summed E-state index contributed by atoms with van der Waals surface area (Å²) in [6.07, 6.45) is 0. The largest absolute Gasteiger partial charge is 0.508 e. The molecular weight excluding hydrogens is 248 g/mol. The number of carbonyl (C=O) groups excluding carboxylic acids is 1. The molecule has 0 bridgehead atoms. The number of phenolic OH excluding ortho intramolecular Hbond substituents is 1. The van der Waals surface area contributed by atoms with Crippen LogP contribution >= 0.6 is 11.3 Å². The minimum absolute atomic E-state index is 0.0349. The van der Waals surface area contributed by atoms with Crippen LogP contribution in [0.5, 0.6) is 5.75 Å². The average Bonchev–Trinajstić information content (AvgIpc) is 2.82. The molecular formula is C13H14N2O2S. The highest BCUT2D eigenvalue weighted by Gasteiger charge is 2.10. The third-order valence-corrected chi connectivity index (χ3v) is 3.15. The summed E-state index contributed by atoms with van der Waals surface area (Å²) in [6.45, 7) is 0.996. The van der Waals surface area contributed by atoms with Gasteiger partial charge in [-0.05, 0) is 31.3 Å². The number of phenols is 1. The molecule has 0 fully saturated rings. The van der Waals surface area contributed by atoms with Crippen LogP contribution in [0.1, 0.15) is 16.1 Å². The summed E-state index contributed by atoms with van der Waals surface area (Å²) in [7, 11) is 1.89. The van der Waals surface area contributed by atoms with E-state index in [1.54, 1.807) is 29.0 Å². The highest BCUT2D eigenvalue weighted by Crippen LogP contribution is 2.11. The summed E-state index contributed by atoms with van der Waals surface area (Å²) in [4.78, 5) is 18.1. The fourth-order valence-corrected chi connectivity index (χ4v) is 2.18. The van der Waals surface area contributed by atoms with Gasteiger partial charge in [0.05, 0.1) is 17.7 Å². The van der Waals surface area contributed by atoms with Crippen molar-refractivity contribution < 1.29 is 9.90 Å². The van der Waals surface area contributed by atoms with E-state index in [0.29, 0.717) is 18.7 Å². The number of likely N-dealkylation sites (N-methyl/N-ethyl adjacent to an activating group) is 1. The fraction of sp³-hybridized carbons (Fsp3) is 0.231. The standard InChI is InChI=1S/C13H14N2O2S/c1-15(6-11-8-18-9-14-11)7-13(17)10-2-4-12(16)5-3-10/h2-5,8-9,16H,6-7H2,1H3. The Morgan fingerprint density at radius 1 is 1.39 bits per heavy atom. The Morgan fingerprint density at radius 2 is 2.11 bits per heavy atom. The van der Waals surface area contributed by atoms with Crippen molar-refractivity contribution in [1.29, 1.82) is 0 Å². The zero-order valence-corrected chi connectivity index (χ0v) is 10.9.